The Morgan fingerprint density at radius 3 is 2.07 bits per heavy atom. The number of hydrogen-bond acceptors (Lipinski definition) is 2. The maximum Gasteiger partial charge on any atom is 0.145 e. The van der Waals surface area contributed by atoms with Gasteiger partial charge in [-0.2, -0.15) is 0 Å². The second kappa shape index (κ2) is 12.4. The summed E-state index contributed by atoms with van der Waals surface area (Å²) >= 11 is 0. The van der Waals surface area contributed by atoms with E-state index in [0.29, 0.717) is 11.3 Å². The fraction of sp³-hybridized carbons (Fsp3) is 0.464. The van der Waals surface area contributed by atoms with Crippen molar-refractivity contribution in [3.05, 3.63) is 71.4 Å². The van der Waals surface area contributed by atoms with Crippen LogP contribution >= 0.6 is 0 Å². The molecule has 0 fully saturated rings. The molecule has 0 saturated carbocycles. The molecule has 1 aromatic heterocycles. The van der Waals surface area contributed by atoms with Crippen LogP contribution in [0.25, 0.3) is 10.9 Å². The molecule has 1 heterocycles. The maximum atomic E-state index is 10.7. The second-order valence-corrected chi connectivity index (χ2v) is 8.53. The zero-order valence-electron chi connectivity index (χ0n) is 18.6. The highest BCUT2D eigenvalue weighted by Crippen LogP contribution is 2.29. The van der Waals surface area contributed by atoms with E-state index < -0.39 is 0 Å². The van der Waals surface area contributed by atoms with Crippen molar-refractivity contribution in [3.8, 4) is 5.75 Å². The molecule has 2 heteroatoms. The lowest BCUT2D eigenvalue weighted by molar-refractivity contribution is 0.474. The number of phenolic OH excluding ortho intramolecular Hbond substituents is 1. The van der Waals surface area contributed by atoms with Crippen LogP contribution in [0.2, 0.25) is 0 Å². The zero-order valence-corrected chi connectivity index (χ0v) is 18.6. The van der Waals surface area contributed by atoms with Gasteiger partial charge in [-0.05, 0) is 30.0 Å². The lowest BCUT2D eigenvalue weighted by atomic mass is 9.95. The van der Waals surface area contributed by atoms with Gasteiger partial charge in [-0.25, -0.2) is 0 Å². The Bertz CT molecular complexity index is 902. The van der Waals surface area contributed by atoms with Crippen molar-refractivity contribution in [2.24, 2.45) is 0 Å². The monoisotopic (exact) mass is 403 g/mol. The number of phenols is 1. The van der Waals surface area contributed by atoms with Crippen LogP contribution in [0, 0.1) is 0 Å². The van der Waals surface area contributed by atoms with Gasteiger partial charge in [-0.15, -0.1) is 0 Å². The predicted molar refractivity (Wildman–Crippen MR) is 128 cm³/mol. The molecule has 0 amide bonds. The van der Waals surface area contributed by atoms with Crippen LogP contribution in [0.3, 0.4) is 0 Å². The molecule has 3 rings (SSSR count). The Hall–Kier alpha value is -2.35. The lowest BCUT2D eigenvalue weighted by Crippen LogP contribution is -1.97. The number of unbranched alkanes of at least 4 members (excludes halogenated alkanes) is 9. The van der Waals surface area contributed by atoms with E-state index in [1.807, 2.05) is 18.2 Å². The summed E-state index contributed by atoms with van der Waals surface area (Å²) in [6.45, 7) is 2.28. The second-order valence-electron chi connectivity index (χ2n) is 8.53. The SMILES string of the molecule is CCCCCCCCCCCCc1ccccc1Cc1ccc2cccnc2c1O. The molecule has 2 aromatic carbocycles. The summed E-state index contributed by atoms with van der Waals surface area (Å²) in [5.41, 5.74) is 4.38. The number of aromatic nitrogens is 1. The minimum absolute atomic E-state index is 0.321. The highest BCUT2D eigenvalue weighted by Gasteiger charge is 2.10. The van der Waals surface area contributed by atoms with Crippen LogP contribution in [-0.4, -0.2) is 10.1 Å². The third-order valence-electron chi connectivity index (χ3n) is 6.13. The largest absolute Gasteiger partial charge is 0.505 e. The molecule has 30 heavy (non-hydrogen) atoms. The van der Waals surface area contributed by atoms with Crippen molar-refractivity contribution in [3.63, 3.8) is 0 Å². The zero-order chi connectivity index (χ0) is 21.0. The Balaban J connectivity index is 1.48. The Morgan fingerprint density at radius 2 is 1.33 bits per heavy atom. The summed E-state index contributed by atoms with van der Waals surface area (Å²) in [5.74, 6) is 0.321. The minimum Gasteiger partial charge on any atom is -0.505 e. The molecule has 3 aromatic rings. The topological polar surface area (TPSA) is 33.1 Å². The molecule has 0 saturated heterocycles. The Kier molecular flexibility index (Phi) is 9.21. The van der Waals surface area contributed by atoms with E-state index in [9.17, 15) is 5.11 Å². The highest BCUT2D eigenvalue weighted by molar-refractivity contribution is 5.85. The fourth-order valence-electron chi connectivity index (χ4n) is 4.30. The highest BCUT2D eigenvalue weighted by atomic mass is 16.3. The van der Waals surface area contributed by atoms with Gasteiger partial charge in [0.05, 0.1) is 0 Å². The fourth-order valence-corrected chi connectivity index (χ4v) is 4.30. The minimum atomic E-state index is 0.321. The van der Waals surface area contributed by atoms with Gasteiger partial charge < -0.3 is 5.11 Å². The number of rotatable bonds is 13. The van der Waals surface area contributed by atoms with Gasteiger partial charge in [-0.1, -0.05) is 107 Å². The first-order valence-electron chi connectivity index (χ1n) is 11.9. The number of pyridine rings is 1. The van der Waals surface area contributed by atoms with Crippen LogP contribution in [0.4, 0.5) is 0 Å². The van der Waals surface area contributed by atoms with E-state index >= 15 is 0 Å². The van der Waals surface area contributed by atoms with Crippen molar-refractivity contribution < 1.29 is 5.11 Å². The summed E-state index contributed by atoms with van der Waals surface area (Å²) in [6, 6.07) is 16.7. The van der Waals surface area contributed by atoms with Crippen LogP contribution < -0.4 is 0 Å². The molecule has 1 N–H and O–H groups in total. The van der Waals surface area contributed by atoms with Crippen LogP contribution in [0.1, 0.15) is 87.8 Å². The summed E-state index contributed by atoms with van der Waals surface area (Å²) in [5, 5.41) is 11.7. The van der Waals surface area contributed by atoms with Gasteiger partial charge in [0.2, 0.25) is 0 Å². The standard InChI is InChI=1S/C28H37NO/c1-2-3-4-5-6-7-8-9-10-11-15-23-16-12-13-17-25(23)22-26-20-19-24-18-14-21-29-27(24)28(26)30/h12-14,16-21,30H,2-11,15,22H2,1H3. The Labute approximate surface area is 182 Å². The lowest BCUT2D eigenvalue weighted by Gasteiger charge is -2.12. The number of fused-ring (bicyclic) bond motifs is 1. The van der Waals surface area contributed by atoms with Gasteiger partial charge >= 0.3 is 0 Å². The maximum absolute atomic E-state index is 10.7. The third kappa shape index (κ3) is 6.58. The number of aromatic hydroxyl groups is 1. The smallest absolute Gasteiger partial charge is 0.145 e. The number of hydrogen-bond donors (Lipinski definition) is 1. The van der Waals surface area contributed by atoms with E-state index in [1.165, 1.54) is 75.3 Å². The predicted octanol–water partition coefficient (Wildman–Crippen LogP) is 7.99. The molecule has 0 aliphatic carbocycles. The Morgan fingerprint density at radius 1 is 0.667 bits per heavy atom. The molecule has 2 nitrogen and oxygen atoms in total. The van der Waals surface area contributed by atoms with E-state index in [-0.39, 0.29) is 0 Å². The summed E-state index contributed by atoms with van der Waals surface area (Å²) < 4.78 is 0. The van der Waals surface area contributed by atoms with E-state index in [2.05, 4.69) is 42.2 Å². The van der Waals surface area contributed by atoms with Crippen molar-refractivity contribution in [1.29, 1.82) is 0 Å². The normalized spacial score (nSPS) is 11.2. The van der Waals surface area contributed by atoms with Gasteiger partial charge in [0, 0.05) is 23.6 Å². The van der Waals surface area contributed by atoms with Gasteiger partial charge in [0.1, 0.15) is 11.3 Å². The van der Waals surface area contributed by atoms with E-state index in [0.717, 1.165) is 23.8 Å². The van der Waals surface area contributed by atoms with Crippen molar-refractivity contribution >= 4 is 10.9 Å². The van der Waals surface area contributed by atoms with Gasteiger partial charge in [-0.3, -0.25) is 4.98 Å². The van der Waals surface area contributed by atoms with Crippen LogP contribution in [0.5, 0.6) is 5.75 Å². The van der Waals surface area contributed by atoms with Crippen LogP contribution in [0.15, 0.2) is 54.7 Å². The average Bonchev–Trinajstić information content (AvgIpc) is 2.78. The van der Waals surface area contributed by atoms with Crippen LogP contribution in [-0.2, 0) is 12.8 Å². The first-order valence-corrected chi connectivity index (χ1v) is 11.9. The van der Waals surface area contributed by atoms with Crippen molar-refractivity contribution in [1.82, 2.24) is 4.98 Å². The van der Waals surface area contributed by atoms with E-state index in [1.54, 1.807) is 6.20 Å². The average molecular weight is 404 g/mol. The number of nitrogens with zero attached hydrogens (tertiary/aromatic N) is 1. The first kappa shape index (κ1) is 22.3. The number of benzene rings is 2. The summed E-state index contributed by atoms with van der Waals surface area (Å²) in [6.07, 6.45) is 17.3. The number of aryl methyl sites for hydroxylation is 1. The molecular weight excluding hydrogens is 366 g/mol. The van der Waals surface area contributed by atoms with Gasteiger partial charge in [0.15, 0.2) is 0 Å². The van der Waals surface area contributed by atoms with Crippen molar-refractivity contribution in [2.75, 3.05) is 0 Å². The summed E-state index contributed by atoms with van der Waals surface area (Å²) in [7, 11) is 0. The molecule has 0 aliphatic rings. The molecule has 0 atom stereocenters. The first-order chi connectivity index (χ1) is 14.8. The molecule has 0 unspecified atom stereocenters. The molecular formula is C28H37NO. The van der Waals surface area contributed by atoms with E-state index in [4.69, 9.17) is 0 Å². The molecule has 0 radical (unpaired) electrons. The quantitative estimate of drug-likeness (QED) is 0.293. The molecule has 0 bridgehead atoms. The van der Waals surface area contributed by atoms with Gasteiger partial charge in [0.25, 0.3) is 0 Å². The molecule has 0 aliphatic heterocycles. The van der Waals surface area contributed by atoms with Crippen molar-refractivity contribution in [2.45, 2.75) is 84.0 Å². The summed E-state index contributed by atoms with van der Waals surface area (Å²) in [4.78, 5) is 4.36. The molecule has 160 valence electrons. The molecule has 0 spiro atoms. The third-order valence-corrected chi connectivity index (χ3v) is 6.13.